The van der Waals surface area contributed by atoms with Crippen LogP contribution in [0.15, 0.2) is 24.3 Å². The van der Waals surface area contributed by atoms with Crippen molar-refractivity contribution in [3.05, 3.63) is 29.3 Å². The minimum Gasteiger partial charge on any atom is -0.410 e. The molecule has 1 aromatic rings. The van der Waals surface area contributed by atoms with E-state index in [0.29, 0.717) is 17.3 Å². The molecule has 0 heterocycles. The molecule has 1 amide bonds. The summed E-state index contributed by atoms with van der Waals surface area (Å²) < 4.78 is 4.98. The minimum atomic E-state index is -0.532. The second kappa shape index (κ2) is 5.58. The molecule has 0 aromatic heterocycles. The molecule has 0 radical (unpaired) electrons. The van der Waals surface area contributed by atoms with Crippen LogP contribution in [0.4, 0.5) is 4.79 Å². The molecular formula is C10H13ClN2O2. The molecule has 1 rings (SSSR count). The van der Waals surface area contributed by atoms with Gasteiger partial charge >= 0.3 is 6.09 Å². The highest BCUT2D eigenvalue weighted by molar-refractivity contribution is 6.30. The Bertz CT molecular complexity index is 344. The van der Waals surface area contributed by atoms with E-state index >= 15 is 0 Å². The first-order valence-electron chi connectivity index (χ1n) is 4.56. The molecule has 0 saturated carbocycles. The van der Waals surface area contributed by atoms with Crippen molar-refractivity contribution in [3.8, 4) is 5.75 Å². The van der Waals surface area contributed by atoms with Gasteiger partial charge in [0, 0.05) is 17.6 Å². The number of nitrogens with two attached hydrogens (primary N) is 1. The first-order chi connectivity index (χ1) is 7.11. The Labute approximate surface area is 93.4 Å². The molecule has 5 heteroatoms. The lowest BCUT2D eigenvalue weighted by Gasteiger charge is -2.11. The van der Waals surface area contributed by atoms with Gasteiger partial charge in [-0.1, -0.05) is 17.7 Å². The molecule has 15 heavy (non-hydrogen) atoms. The molecule has 0 aliphatic rings. The Morgan fingerprint density at radius 3 is 3.00 bits per heavy atom. The van der Waals surface area contributed by atoms with Crippen molar-refractivity contribution in [2.24, 2.45) is 5.73 Å². The number of hydrogen-bond acceptors (Lipinski definition) is 3. The summed E-state index contributed by atoms with van der Waals surface area (Å²) in [6.45, 7) is 2.16. The van der Waals surface area contributed by atoms with E-state index < -0.39 is 6.09 Å². The fourth-order valence-corrected chi connectivity index (χ4v) is 1.11. The third-order valence-electron chi connectivity index (χ3n) is 1.72. The highest BCUT2D eigenvalue weighted by atomic mass is 35.5. The molecule has 0 fully saturated rings. The van der Waals surface area contributed by atoms with Gasteiger partial charge in [0.05, 0.1) is 0 Å². The van der Waals surface area contributed by atoms with Crippen LogP contribution in [0.25, 0.3) is 0 Å². The van der Waals surface area contributed by atoms with Crippen molar-refractivity contribution < 1.29 is 9.53 Å². The molecule has 1 aromatic carbocycles. The van der Waals surface area contributed by atoms with Crippen LogP contribution in [0.3, 0.4) is 0 Å². The zero-order valence-electron chi connectivity index (χ0n) is 8.37. The van der Waals surface area contributed by atoms with Gasteiger partial charge in [0.25, 0.3) is 0 Å². The molecule has 4 nitrogen and oxygen atoms in total. The van der Waals surface area contributed by atoms with Crippen molar-refractivity contribution >= 4 is 17.7 Å². The Kier molecular flexibility index (Phi) is 4.39. The number of amides is 1. The number of benzene rings is 1. The van der Waals surface area contributed by atoms with Crippen molar-refractivity contribution in [3.63, 3.8) is 0 Å². The number of carbonyl (C=O) groups excluding carboxylic acids is 1. The van der Waals surface area contributed by atoms with Crippen molar-refractivity contribution in [2.75, 3.05) is 6.54 Å². The SMILES string of the molecule is CC(CN)NC(=O)Oc1cccc(Cl)c1. The summed E-state index contributed by atoms with van der Waals surface area (Å²) in [5.74, 6) is 0.407. The van der Waals surface area contributed by atoms with Crippen LogP contribution in [0.1, 0.15) is 6.92 Å². The summed E-state index contributed by atoms with van der Waals surface area (Å²) in [4.78, 5) is 11.3. The van der Waals surface area contributed by atoms with Gasteiger partial charge in [-0.15, -0.1) is 0 Å². The fourth-order valence-electron chi connectivity index (χ4n) is 0.927. The van der Waals surface area contributed by atoms with E-state index in [2.05, 4.69) is 5.32 Å². The van der Waals surface area contributed by atoms with Gasteiger partial charge in [0.1, 0.15) is 5.75 Å². The zero-order chi connectivity index (χ0) is 11.3. The van der Waals surface area contributed by atoms with Gasteiger partial charge in [-0.05, 0) is 25.1 Å². The highest BCUT2D eigenvalue weighted by Gasteiger charge is 2.07. The van der Waals surface area contributed by atoms with Crippen LogP contribution < -0.4 is 15.8 Å². The summed E-state index contributed by atoms with van der Waals surface area (Å²) >= 11 is 5.73. The Morgan fingerprint density at radius 2 is 2.40 bits per heavy atom. The monoisotopic (exact) mass is 228 g/mol. The molecule has 3 N–H and O–H groups in total. The second-order valence-electron chi connectivity index (χ2n) is 3.13. The molecule has 0 spiro atoms. The zero-order valence-corrected chi connectivity index (χ0v) is 9.12. The standard InChI is InChI=1S/C10H13ClN2O2/c1-7(6-12)13-10(14)15-9-4-2-3-8(11)5-9/h2-5,7H,6,12H2,1H3,(H,13,14). The van der Waals surface area contributed by atoms with Crippen LogP contribution in [-0.4, -0.2) is 18.7 Å². The Morgan fingerprint density at radius 1 is 1.67 bits per heavy atom. The third-order valence-corrected chi connectivity index (χ3v) is 1.96. The van der Waals surface area contributed by atoms with Gasteiger partial charge in [0.2, 0.25) is 0 Å². The molecule has 1 unspecified atom stereocenters. The Hall–Kier alpha value is -1.26. The summed E-state index contributed by atoms with van der Waals surface area (Å²) in [5, 5.41) is 3.09. The van der Waals surface area contributed by atoms with Gasteiger partial charge in [0.15, 0.2) is 0 Å². The maximum Gasteiger partial charge on any atom is 0.412 e. The van der Waals surface area contributed by atoms with E-state index in [1.54, 1.807) is 31.2 Å². The van der Waals surface area contributed by atoms with Crippen LogP contribution in [0.5, 0.6) is 5.75 Å². The summed E-state index contributed by atoms with van der Waals surface area (Å²) in [5.41, 5.74) is 5.35. The molecule has 1 atom stereocenters. The minimum absolute atomic E-state index is 0.114. The summed E-state index contributed by atoms with van der Waals surface area (Å²) in [6.07, 6.45) is -0.532. The quantitative estimate of drug-likeness (QED) is 0.829. The smallest absolute Gasteiger partial charge is 0.410 e. The fraction of sp³-hybridized carbons (Fsp3) is 0.300. The van der Waals surface area contributed by atoms with Gasteiger partial charge in [-0.25, -0.2) is 4.79 Å². The number of hydrogen-bond donors (Lipinski definition) is 2. The molecule has 0 saturated heterocycles. The van der Waals surface area contributed by atoms with Gasteiger partial charge in [-0.2, -0.15) is 0 Å². The van der Waals surface area contributed by atoms with Crippen LogP contribution >= 0.6 is 11.6 Å². The maximum atomic E-state index is 11.3. The van der Waals surface area contributed by atoms with E-state index in [9.17, 15) is 4.79 Å². The molecule has 0 bridgehead atoms. The Balaban J connectivity index is 2.51. The van der Waals surface area contributed by atoms with E-state index in [-0.39, 0.29) is 6.04 Å². The van der Waals surface area contributed by atoms with Crippen LogP contribution in [-0.2, 0) is 0 Å². The van der Waals surface area contributed by atoms with Crippen LogP contribution in [0, 0.1) is 0 Å². The summed E-state index contributed by atoms with van der Waals surface area (Å²) in [6, 6.07) is 6.51. The predicted octanol–water partition coefficient (Wildman–Crippen LogP) is 1.78. The van der Waals surface area contributed by atoms with Crippen molar-refractivity contribution in [1.82, 2.24) is 5.32 Å². The van der Waals surface area contributed by atoms with Gasteiger partial charge in [-0.3, -0.25) is 0 Å². The average molecular weight is 229 g/mol. The number of rotatable bonds is 3. The number of carbonyl (C=O) groups is 1. The number of ether oxygens (including phenoxy) is 1. The largest absolute Gasteiger partial charge is 0.412 e. The van der Waals surface area contributed by atoms with Gasteiger partial charge < -0.3 is 15.8 Å². The molecule has 0 aliphatic heterocycles. The molecular weight excluding hydrogens is 216 g/mol. The lowest BCUT2D eigenvalue weighted by Crippen LogP contribution is -2.39. The number of nitrogens with one attached hydrogen (secondary N) is 1. The highest BCUT2D eigenvalue weighted by Crippen LogP contribution is 2.16. The molecule has 82 valence electrons. The first kappa shape index (κ1) is 11.8. The van der Waals surface area contributed by atoms with Crippen molar-refractivity contribution in [2.45, 2.75) is 13.0 Å². The lowest BCUT2D eigenvalue weighted by atomic mass is 10.3. The average Bonchev–Trinajstić information content (AvgIpc) is 2.17. The maximum absolute atomic E-state index is 11.3. The van der Waals surface area contributed by atoms with Crippen molar-refractivity contribution in [1.29, 1.82) is 0 Å². The van der Waals surface area contributed by atoms with Crippen LogP contribution in [0.2, 0.25) is 5.02 Å². The summed E-state index contributed by atoms with van der Waals surface area (Å²) in [7, 11) is 0. The first-order valence-corrected chi connectivity index (χ1v) is 4.93. The van der Waals surface area contributed by atoms with E-state index in [4.69, 9.17) is 22.1 Å². The number of halogens is 1. The van der Waals surface area contributed by atoms with E-state index in [1.807, 2.05) is 0 Å². The topological polar surface area (TPSA) is 64.3 Å². The second-order valence-corrected chi connectivity index (χ2v) is 3.56. The predicted molar refractivity (Wildman–Crippen MR) is 59.1 cm³/mol. The molecule has 0 aliphatic carbocycles. The third kappa shape index (κ3) is 4.18. The lowest BCUT2D eigenvalue weighted by molar-refractivity contribution is 0.197. The normalized spacial score (nSPS) is 11.9. The van der Waals surface area contributed by atoms with E-state index in [0.717, 1.165) is 0 Å². The van der Waals surface area contributed by atoms with E-state index in [1.165, 1.54) is 0 Å².